The van der Waals surface area contributed by atoms with Gasteiger partial charge in [-0.3, -0.25) is 0 Å². The molecule has 0 atom stereocenters. The molecule has 10 heteroatoms. The van der Waals surface area contributed by atoms with Crippen molar-refractivity contribution < 1.29 is 17.9 Å². The van der Waals surface area contributed by atoms with Gasteiger partial charge in [-0.1, -0.05) is 24.3 Å². The molecule has 2 aromatic carbocycles. The molecule has 0 saturated heterocycles. The average Bonchev–Trinajstić information content (AvgIpc) is 3.28. The van der Waals surface area contributed by atoms with Gasteiger partial charge < -0.3 is 4.74 Å². The molecule has 0 aliphatic heterocycles. The van der Waals surface area contributed by atoms with Crippen LogP contribution in [0.5, 0.6) is 5.75 Å². The molecule has 0 saturated carbocycles. The maximum Gasteiger partial charge on any atom is 0.573 e. The summed E-state index contributed by atoms with van der Waals surface area (Å²) in [7, 11) is 0. The number of hydrogen-bond donors (Lipinski definition) is 0. The van der Waals surface area contributed by atoms with Crippen LogP contribution in [0.3, 0.4) is 0 Å². The Morgan fingerprint density at radius 2 is 1.71 bits per heavy atom. The Morgan fingerprint density at radius 1 is 0.968 bits per heavy atom. The van der Waals surface area contributed by atoms with Gasteiger partial charge in [0.1, 0.15) is 10.8 Å². The fraction of sp³-hybridized carbons (Fsp3) is 0.0952. The monoisotopic (exact) mass is 442 g/mol. The van der Waals surface area contributed by atoms with Gasteiger partial charge in [-0.15, -0.1) is 29.6 Å². The molecule has 0 bridgehead atoms. The van der Waals surface area contributed by atoms with E-state index in [0.29, 0.717) is 16.8 Å². The highest BCUT2D eigenvalue weighted by molar-refractivity contribution is 7.18. The number of hydrogen-bond acceptors (Lipinski definition) is 5. The van der Waals surface area contributed by atoms with Crippen LogP contribution in [-0.4, -0.2) is 25.5 Å². The molecule has 156 valence electrons. The van der Waals surface area contributed by atoms with Crippen molar-refractivity contribution in [2.24, 2.45) is 0 Å². The van der Waals surface area contributed by atoms with E-state index in [-0.39, 0.29) is 18.0 Å². The van der Waals surface area contributed by atoms with Crippen LogP contribution in [0.2, 0.25) is 0 Å². The summed E-state index contributed by atoms with van der Waals surface area (Å²) in [5.74, 6) is -0.307. The third kappa shape index (κ3) is 3.89. The third-order valence-corrected chi connectivity index (χ3v) is 5.64. The number of halogens is 3. The molecule has 0 unspecified atom stereocenters. The SMILES string of the molecule is O=c1n(Cc2nc3ccccc3s2)nc2ccc(-c3ccc(OC(F)(F)F)cc3)cn12. The van der Waals surface area contributed by atoms with Crippen molar-refractivity contribution in [3.8, 4) is 16.9 Å². The van der Waals surface area contributed by atoms with Crippen molar-refractivity contribution in [1.29, 1.82) is 0 Å². The molecular weight excluding hydrogens is 429 g/mol. The third-order valence-electron chi connectivity index (χ3n) is 4.62. The summed E-state index contributed by atoms with van der Waals surface area (Å²) in [6, 6.07) is 16.6. The van der Waals surface area contributed by atoms with Gasteiger partial charge in [0.25, 0.3) is 0 Å². The van der Waals surface area contributed by atoms with Crippen LogP contribution in [0.4, 0.5) is 13.2 Å². The number of thiazole rings is 1. The summed E-state index contributed by atoms with van der Waals surface area (Å²) >= 11 is 1.50. The second-order valence-electron chi connectivity index (χ2n) is 6.73. The number of nitrogens with zero attached hydrogens (tertiary/aromatic N) is 4. The first-order chi connectivity index (χ1) is 14.9. The zero-order chi connectivity index (χ0) is 21.6. The molecule has 0 aliphatic rings. The van der Waals surface area contributed by atoms with E-state index in [1.54, 1.807) is 18.3 Å². The number of fused-ring (bicyclic) bond motifs is 2. The normalized spacial score (nSPS) is 12.0. The van der Waals surface area contributed by atoms with E-state index in [0.717, 1.165) is 15.2 Å². The zero-order valence-corrected chi connectivity index (χ0v) is 16.5. The van der Waals surface area contributed by atoms with E-state index >= 15 is 0 Å². The van der Waals surface area contributed by atoms with E-state index in [1.807, 2.05) is 24.3 Å². The molecule has 31 heavy (non-hydrogen) atoms. The first-order valence-electron chi connectivity index (χ1n) is 9.16. The lowest BCUT2D eigenvalue weighted by Crippen LogP contribution is -2.21. The van der Waals surface area contributed by atoms with Crippen LogP contribution in [0.1, 0.15) is 5.01 Å². The first-order valence-corrected chi connectivity index (χ1v) is 9.97. The zero-order valence-electron chi connectivity index (χ0n) is 15.7. The first kappa shape index (κ1) is 19.3. The quantitative estimate of drug-likeness (QED) is 0.404. The Hall–Kier alpha value is -3.66. The summed E-state index contributed by atoms with van der Waals surface area (Å²) in [6.07, 6.45) is -3.13. The summed E-state index contributed by atoms with van der Waals surface area (Å²) in [4.78, 5) is 17.4. The molecule has 0 fully saturated rings. The predicted octanol–water partition coefficient (Wildman–Crippen LogP) is 4.72. The van der Waals surface area contributed by atoms with Crippen LogP contribution in [-0.2, 0) is 6.54 Å². The number of pyridine rings is 1. The molecule has 0 N–H and O–H groups in total. The standard InChI is InChI=1S/C21H13F3N4O2S/c22-21(23,24)30-15-8-5-13(6-9-15)14-7-10-18-26-28(20(29)27(18)11-14)12-19-25-16-3-1-2-4-17(16)31-19/h1-11H,12H2. The average molecular weight is 442 g/mol. The van der Waals surface area contributed by atoms with Gasteiger partial charge >= 0.3 is 12.1 Å². The largest absolute Gasteiger partial charge is 0.573 e. The van der Waals surface area contributed by atoms with Crippen molar-refractivity contribution in [2.75, 3.05) is 0 Å². The van der Waals surface area contributed by atoms with E-state index < -0.39 is 6.36 Å². The minimum Gasteiger partial charge on any atom is -0.406 e. The van der Waals surface area contributed by atoms with Crippen LogP contribution in [0.15, 0.2) is 71.7 Å². The van der Waals surface area contributed by atoms with Crippen LogP contribution < -0.4 is 10.4 Å². The van der Waals surface area contributed by atoms with Crippen molar-refractivity contribution in [3.63, 3.8) is 0 Å². The van der Waals surface area contributed by atoms with Crippen molar-refractivity contribution in [3.05, 3.63) is 82.4 Å². The van der Waals surface area contributed by atoms with Crippen LogP contribution in [0.25, 0.3) is 27.0 Å². The Bertz CT molecular complexity index is 1420. The fourth-order valence-corrected chi connectivity index (χ4v) is 4.21. The second-order valence-corrected chi connectivity index (χ2v) is 7.85. The summed E-state index contributed by atoms with van der Waals surface area (Å²) < 4.78 is 44.7. The van der Waals surface area contributed by atoms with E-state index in [4.69, 9.17) is 0 Å². The maximum atomic E-state index is 12.8. The summed E-state index contributed by atoms with van der Waals surface area (Å²) in [6.45, 7) is 0.249. The highest BCUT2D eigenvalue weighted by atomic mass is 32.1. The fourth-order valence-electron chi connectivity index (χ4n) is 3.26. The van der Waals surface area contributed by atoms with Crippen LogP contribution >= 0.6 is 11.3 Å². The van der Waals surface area contributed by atoms with Gasteiger partial charge in [0.2, 0.25) is 0 Å². The van der Waals surface area contributed by atoms with E-state index in [9.17, 15) is 18.0 Å². The molecule has 0 radical (unpaired) electrons. The number of ether oxygens (including phenoxy) is 1. The topological polar surface area (TPSA) is 61.4 Å². The Labute approximate surface area is 176 Å². The molecular formula is C21H13F3N4O2S. The molecule has 0 aliphatic carbocycles. The van der Waals surface area contributed by atoms with Crippen molar-refractivity contribution in [2.45, 2.75) is 12.9 Å². The number of para-hydroxylation sites is 1. The van der Waals surface area contributed by atoms with Gasteiger partial charge in [0.15, 0.2) is 5.65 Å². The van der Waals surface area contributed by atoms with Gasteiger partial charge in [0.05, 0.1) is 16.8 Å². The molecule has 5 rings (SSSR count). The number of rotatable bonds is 4. The Kier molecular flexibility index (Phi) is 4.51. The Balaban J connectivity index is 1.45. The highest BCUT2D eigenvalue weighted by Gasteiger charge is 2.31. The predicted molar refractivity (Wildman–Crippen MR) is 110 cm³/mol. The molecule has 3 aromatic heterocycles. The lowest BCUT2D eigenvalue weighted by molar-refractivity contribution is -0.274. The molecule has 3 heterocycles. The van der Waals surface area contributed by atoms with Crippen molar-refractivity contribution in [1.82, 2.24) is 19.2 Å². The molecule has 0 amide bonds. The van der Waals surface area contributed by atoms with Crippen molar-refractivity contribution >= 4 is 27.2 Å². The summed E-state index contributed by atoms with van der Waals surface area (Å²) in [5, 5.41) is 5.13. The van der Waals surface area contributed by atoms with E-state index in [2.05, 4.69) is 14.8 Å². The minimum absolute atomic E-state index is 0.249. The lowest BCUT2D eigenvalue weighted by Gasteiger charge is -2.09. The Morgan fingerprint density at radius 3 is 2.45 bits per heavy atom. The lowest BCUT2D eigenvalue weighted by atomic mass is 10.1. The number of aromatic nitrogens is 4. The summed E-state index contributed by atoms with van der Waals surface area (Å²) in [5.41, 5.74) is 2.31. The number of benzene rings is 2. The molecule has 5 aromatic rings. The second kappa shape index (κ2) is 7.24. The minimum atomic E-state index is -4.74. The van der Waals surface area contributed by atoms with Gasteiger partial charge in [-0.25, -0.2) is 18.9 Å². The smallest absolute Gasteiger partial charge is 0.406 e. The van der Waals surface area contributed by atoms with E-state index in [1.165, 1.54) is 44.7 Å². The molecule has 0 spiro atoms. The highest BCUT2D eigenvalue weighted by Crippen LogP contribution is 2.27. The molecule has 6 nitrogen and oxygen atoms in total. The maximum absolute atomic E-state index is 12.8. The van der Waals surface area contributed by atoms with Gasteiger partial charge in [0, 0.05) is 6.20 Å². The van der Waals surface area contributed by atoms with Gasteiger partial charge in [-0.05, 0) is 47.5 Å². The van der Waals surface area contributed by atoms with Crippen LogP contribution in [0, 0.1) is 0 Å². The number of alkyl halides is 3. The van der Waals surface area contributed by atoms with Gasteiger partial charge in [-0.2, -0.15) is 0 Å².